The maximum atomic E-state index is 10.8. The molecule has 1 aromatic rings. The lowest BCUT2D eigenvalue weighted by atomic mass is 9.96. The van der Waals surface area contributed by atoms with Crippen LogP contribution in [-0.2, 0) is 30.4 Å². The van der Waals surface area contributed by atoms with Crippen molar-refractivity contribution < 1.29 is 80.0 Å². The predicted octanol–water partition coefficient (Wildman–Crippen LogP) is -5.08. The van der Waals surface area contributed by atoms with E-state index in [1.807, 2.05) is 0 Å². The van der Waals surface area contributed by atoms with Crippen LogP contribution in [0.3, 0.4) is 0 Å². The number of ether oxygens (including phenoxy) is 4. The number of oxime groups is 1. The summed E-state index contributed by atoms with van der Waals surface area (Å²) in [4.78, 5) is 5.11. The Kier molecular flexibility index (Phi) is 14.0. The van der Waals surface area contributed by atoms with Gasteiger partial charge in [-0.05, 0) is 11.1 Å². The monoisotopic (exact) mass is 635 g/mol. The van der Waals surface area contributed by atoms with Crippen LogP contribution in [0.15, 0.2) is 36.0 Å². The minimum Gasteiger partial charge on any atom is -0.394 e. The lowest BCUT2D eigenvalue weighted by Gasteiger charge is -2.46. The van der Waals surface area contributed by atoms with Crippen molar-refractivity contribution in [1.82, 2.24) is 0 Å². The van der Waals surface area contributed by atoms with Gasteiger partial charge in [-0.25, -0.2) is 0 Å². The smallest absolute Gasteiger partial charge is 0.187 e. The maximum absolute atomic E-state index is 10.8. The van der Waals surface area contributed by atoms with E-state index in [9.17, 15) is 56.2 Å². The Labute approximate surface area is 252 Å². The molecule has 0 amide bonds. The van der Waals surface area contributed by atoms with Crippen LogP contribution in [0.5, 0.6) is 0 Å². The lowest BCUT2D eigenvalue weighted by Crippen LogP contribution is -2.65. The van der Waals surface area contributed by atoms with Crippen LogP contribution in [0, 0.1) is 0 Å². The highest BCUT2D eigenvalue weighted by Gasteiger charge is 2.51. The molecule has 3 rings (SSSR count). The Bertz CT molecular complexity index is 1030. The highest BCUT2D eigenvalue weighted by molar-refractivity contribution is 5.63. The second-order valence-corrected chi connectivity index (χ2v) is 10.3. The summed E-state index contributed by atoms with van der Waals surface area (Å²) in [5, 5.41) is 115. The molecule has 0 bridgehead atoms. The molecule has 0 aromatic heterocycles. The molecule has 17 nitrogen and oxygen atoms in total. The zero-order valence-electron chi connectivity index (χ0n) is 23.5. The normalized spacial score (nSPS) is 35.6. The molecular formula is C27H41NO16. The van der Waals surface area contributed by atoms with Gasteiger partial charge in [0, 0.05) is 0 Å². The van der Waals surface area contributed by atoms with E-state index in [-0.39, 0.29) is 6.61 Å². The molecule has 2 aliphatic rings. The topological polar surface area (TPSA) is 281 Å². The van der Waals surface area contributed by atoms with Crippen molar-refractivity contribution in [3.8, 4) is 0 Å². The second-order valence-electron chi connectivity index (χ2n) is 10.3. The van der Waals surface area contributed by atoms with E-state index in [1.165, 1.54) is 0 Å². The first kappa shape index (κ1) is 36.3. The van der Waals surface area contributed by atoms with Gasteiger partial charge in [0.05, 0.1) is 26.0 Å². The van der Waals surface area contributed by atoms with Crippen molar-refractivity contribution in [2.45, 2.75) is 92.4 Å². The highest BCUT2D eigenvalue weighted by Crippen LogP contribution is 2.30. The summed E-state index contributed by atoms with van der Waals surface area (Å²) >= 11 is 0. The van der Waals surface area contributed by atoms with Gasteiger partial charge < -0.3 is 80.0 Å². The van der Waals surface area contributed by atoms with Gasteiger partial charge in [-0.15, -0.1) is 0 Å². The number of hydrogen-bond acceptors (Lipinski definition) is 17. The Morgan fingerprint density at radius 1 is 0.818 bits per heavy atom. The predicted molar refractivity (Wildman–Crippen MR) is 146 cm³/mol. The molecule has 0 spiro atoms. The molecule has 14 atom stereocenters. The first-order valence-electron chi connectivity index (χ1n) is 13.7. The molecule has 14 unspecified atom stereocenters. The van der Waals surface area contributed by atoms with Crippen LogP contribution in [0.25, 0.3) is 6.08 Å². The largest absolute Gasteiger partial charge is 0.394 e. The Morgan fingerprint density at radius 3 is 2.02 bits per heavy atom. The molecule has 0 aliphatic carbocycles. The fraction of sp³-hybridized carbons (Fsp3) is 0.667. The van der Waals surface area contributed by atoms with Crippen LogP contribution in [-0.4, -0.2) is 168 Å². The van der Waals surface area contributed by atoms with Gasteiger partial charge in [-0.3, -0.25) is 0 Å². The lowest BCUT2D eigenvalue weighted by molar-refractivity contribution is -0.367. The van der Waals surface area contributed by atoms with Crippen molar-refractivity contribution in [3.05, 3.63) is 42.0 Å². The van der Waals surface area contributed by atoms with Gasteiger partial charge >= 0.3 is 0 Å². The number of aliphatic hydroxyl groups is 11. The van der Waals surface area contributed by atoms with Gasteiger partial charge in [0.25, 0.3) is 0 Å². The Morgan fingerprint density at radius 2 is 1.43 bits per heavy atom. The summed E-state index contributed by atoms with van der Waals surface area (Å²) < 4.78 is 21.6. The SMILES string of the molecule is C=Cc1ccc(CON=CC(O)C(O)C(OC2OC(CO)C(OC3OC(CO)C(O)C(O)C3O)C(O)C2O)C(O)CO)cc1. The van der Waals surface area contributed by atoms with Gasteiger partial charge in [-0.1, -0.05) is 42.1 Å². The first-order chi connectivity index (χ1) is 21.0. The first-order valence-corrected chi connectivity index (χ1v) is 13.7. The van der Waals surface area contributed by atoms with E-state index in [2.05, 4.69) is 11.7 Å². The number of rotatable bonds is 15. The van der Waals surface area contributed by atoms with E-state index < -0.39 is 106 Å². The number of aliphatic hydroxyl groups excluding tert-OH is 11. The van der Waals surface area contributed by atoms with Crippen LogP contribution < -0.4 is 0 Å². The van der Waals surface area contributed by atoms with E-state index in [0.717, 1.165) is 17.3 Å². The molecule has 17 heteroatoms. The van der Waals surface area contributed by atoms with E-state index in [4.69, 9.17) is 23.8 Å². The molecule has 2 heterocycles. The zero-order chi connectivity index (χ0) is 32.6. The summed E-state index contributed by atoms with van der Waals surface area (Å²) in [6, 6.07) is 7.14. The molecule has 0 saturated carbocycles. The molecule has 0 radical (unpaired) electrons. The summed E-state index contributed by atoms with van der Waals surface area (Å²) in [5.74, 6) is 0. The fourth-order valence-electron chi connectivity index (χ4n) is 4.57. The molecule has 2 aliphatic heterocycles. The zero-order valence-corrected chi connectivity index (χ0v) is 23.5. The van der Waals surface area contributed by atoms with Crippen LogP contribution >= 0.6 is 0 Å². The third-order valence-corrected chi connectivity index (χ3v) is 7.24. The Balaban J connectivity index is 1.65. The van der Waals surface area contributed by atoms with Crippen molar-refractivity contribution in [2.24, 2.45) is 5.16 Å². The average Bonchev–Trinajstić information content (AvgIpc) is 3.04. The second kappa shape index (κ2) is 16.9. The average molecular weight is 636 g/mol. The molecule has 250 valence electrons. The molecule has 2 fully saturated rings. The number of benzene rings is 1. The van der Waals surface area contributed by atoms with E-state index in [0.29, 0.717) is 0 Å². The van der Waals surface area contributed by atoms with E-state index in [1.54, 1.807) is 30.3 Å². The van der Waals surface area contributed by atoms with Crippen LogP contribution in [0.1, 0.15) is 11.1 Å². The van der Waals surface area contributed by atoms with Gasteiger partial charge in [0.1, 0.15) is 79.9 Å². The molecular weight excluding hydrogens is 594 g/mol. The standard InChI is InChI=1S/C27H41NO16/c1-2-12-3-5-13(6-4-12)11-40-28-7-14(32)18(34)24(15(33)8-29)43-27-23(39)21(37)25(17(10-31)42-27)44-26-22(38)20(36)19(35)16(9-30)41-26/h2-7,14-27,29-39H,1,8-11H2. The van der Waals surface area contributed by atoms with Gasteiger partial charge in [0.2, 0.25) is 0 Å². The summed E-state index contributed by atoms with van der Waals surface area (Å²) in [7, 11) is 0. The summed E-state index contributed by atoms with van der Waals surface area (Å²) in [5.41, 5.74) is 1.64. The van der Waals surface area contributed by atoms with Crippen LogP contribution in [0.4, 0.5) is 0 Å². The summed E-state index contributed by atoms with van der Waals surface area (Å²) in [6.07, 6.45) is -22.5. The van der Waals surface area contributed by atoms with Crippen molar-refractivity contribution in [2.75, 3.05) is 19.8 Å². The summed E-state index contributed by atoms with van der Waals surface area (Å²) in [6.45, 7) is 1.07. The minimum absolute atomic E-state index is 0.0187. The quantitative estimate of drug-likeness (QED) is 0.0635. The molecule has 44 heavy (non-hydrogen) atoms. The highest BCUT2D eigenvalue weighted by atomic mass is 16.7. The van der Waals surface area contributed by atoms with Gasteiger partial charge in [0.15, 0.2) is 12.6 Å². The third kappa shape index (κ3) is 8.75. The fourth-order valence-corrected chi connectivity index (χ4v) is 4.57. The molecule has 1 aromatic carbocycles. The minimum atomic E-state index is -2.00. The van der Waals surface area contributed by atoms with Gasteiger partial charge in [-0.2, -0.15) is 0 Å². The number of nitrogens with zero attached hydrogens (tertiary/aromatic N) is 1. The van der Waals surface area contributed by atoms with Crippen LogP contribution in [0.2, 0.25) is 0 Å². The molecule has 11 N–H and O–H groups in total. The van der Waals surface area contributed by atoms with Crippen molar-refractivity contribution in [1.29, 1.82) is 0 Å². The third-order valence-electron chi connectivity index (χ3n) is 7.24. The molecule has 2 saturated heterocycles. The van der Waals surface area contributed by atoms with Crippen molar-refractivity contribution >= 4 is 12.3 Å². The number of hydrogen-bond donors (Lipinski definition) is 11. The Hall–Kier alpha value is -2.17. The van der Waals surface area contributed by atoms with E-state index >= 15 is 0 Å². The maximum Gasteiger partial charge on any atom is 0.187 e. The van der Waals surface area contributed by atoms with Crippen molar-refractivity contribution in [3.63, 3.8) is 0 Å².